The number of ether oxygens (including phenoxy) is 2. The highest BCUT2D eigenvalue weighted by molar-refractivity contribution is 8.03. The molecule has 0 aliphatic carbocycles. The summed E-state index contributed by atoms with van der Waals surface area (Å²) in [5.41, 5.74) is 3.35. The van der Waals surface area contributed by atoms with Crippen LogP contribution in [0.1, 0.15) is 48.0 Å². The lowest BCUT2D eigenvalue weighted by Gasteiger charge is -2.19. The molecule has 1 aromatic carbocycles. The van der Waals surface area contributed by atoms with E-state index in [4.69, 9.17) is 13.9 Å². The van der Waals surface area contributed by atoms with Gasteiger partial charge in [-0.25, -0.2) is 5.37 Å². The van der Waals surface area contributed by atoms with E-state index in [0.717, 1.165) is 17.0 Å². The minimum Gasteiger partial charge on any atom is -0.468 e. The maximum absolute atomic E-state index is 12.5. The normalized spacial score (nSPS) is 24.3. The lowest BCUT2D eigenvalue weighted by atomic mass is 9.87. The van der Waals surface area contributed by atoms with Crippen LogP contribution in [0.2, 0.25) is 0 Å². The average Bonchev–Trinajstić information content (AvgIpc) is 3.44. The molecule has 3 unspecified atom stereocenters. The van der Waals surface area contributed by atoms with Crippen LogP contribution in [0.15, 0.2) is 39.1 Å². The molecule has 4 rings (SSSR count). The molecule has 176 valence electrons. The van der Waals surface area contributed by atoms with Gasteiger partial charge in [-0.3, -0.25) is 14.9 Å². The zero-order chi connectivity index (χ0) is 23.9. The van der Waals surface area contributed by atoms with Gasteiger partial charge in [0.1, 0.15) is 0 Å². The van der Waals surface area contributed by atoms with Crippen LogP contribution in [0.5, 0.6) is 5.95 Å². The number of non-ortho nitro benzene ring substituents is 1. The molecule has 0 saturated carbocycles. The molecule has 1 saturated heterocycles. The molecule has 0 N–H and O–H groups in total. The maximum atomic E-state index is 12.5. The Morgan fingerprint density at radius 1 is 1.27 bits per heavy atom. The van der Waals surface area contributed by atoms with E-state index in [0.29, 0.717) is 35.3 Å². The van der Waals surface area contributed by atoms with Crippen molar-refractivity contribution in [2.45, 2.75) is 39.4 Å². The van der Waals surface area contributed by atoms with Crippen molar-refractivity contribution < 1.29 is 18.8 Å². The molecule has 7 nitrogen and oxygen atoms in total. The third-order valence-corrected chi connectivity index (χ3v) is 8.50. The number of allylic oxidation sites excluding steroid dienone is 1. The van der Waals surface area contributed by atoms with Gasteiger partial charge in [-0.1, -0.05) is 28.9 Å². The molecular formula is C25H28NO6S-. The van der Waals surface area contributed by atoms with Crippen LogP contribution in [-0.4, -0.2) is 29.1 Å². The maximum Gasteiger partial charge on any atom is 0.291 e. The van der Waals surface area contributed by atoms with E-state index < -0.39 is 4.92 Å². The lowest BCUT2D eigenvalue weighted by Crippen LogP contribution is -2.14. The SMILES string of the molecule is COc1oc(C2C=[S-]2=C2CC(C(C)C(C)=Cc3ccc([N+](=O)[O-])cc3)CO2)c(C)c(=O)c1C. The summed E-state index contributed by atoms with van der Waals surface area (Å²) in [5.74, 6) is 1.61. The fraction of sp³-hybridized carbons (Fsp3) is 0.400. The first-order valence-electron chi connectivity index (χ1n) is 10.9. The number of nitro groups is 1. The van der Waals surface area contributed by atoms with Crippen LogP contribution in [-0.2, 0) is 14.8 Å². The monoisotopic (exact) mass is 470 g/mol. The minimum atomic E-state index is -0.390. The summed E-state index contributed by atoms with van der Waals surface area (Å²) < 4.78 is 17.3. The second-order valence-electron chi connectivity index (χ2n) is 8.64. The second-order valence-corrected chi connectivity index (χ2v) is 10.6. The summed E-state index contributed by atoms with van der Waals surface area (Å²) >= 11 is 0. The van der Waals surface area contributed by atoms with E-state index in [1.54, 1.807) is 26.0 Å². The Hall–Kier alpha value is -2.84. The summed E-state index contributed by atoms with van der Waals surface area (Å²) in [6.07, 6.45) is 2.95. The standard InChI is InChI=1S/C25H28NO6S/c1-14(10-18-6-8-20(9-7-18)26(28)29)15(2)19-11-22(31-12-19)33-13-21(33)24-16(3)23(27)17(4)25(30-5)32-24/h6-10,13,15,19,21H,11-12H2,1-5H3/q-1. The average molecular weight is 471 g/mol. The van der Waals surface area contributed by atoms with Crippen molar-refractivity contribution in [3.05, 3.63) is 72.6 Å². The van der Waals surface area contributed by atoms with E-state index in [1.807, 2.05) is 0 Å². The van der Waals surface area contributed by atoms with Crippen molar-refractivity contribution in [2.75, 3.05) is 13.7 Å². The van der Waals surface area contributed by atoms with Gasteiger partial charge >= 0.3 is 0 Å². The molecule has 3 heterocycles. The number of benzene rings is 1. The Bertz CT molecular complexity index is 1280. The third-order valence-electron chi connectivity index (χ3n) is 6.54. The topological polar surface area (TPSA) is 91.8 Å². The Balaban J connectivity index is 1.48. The molecule has 1 aromatic heterocycles. The molecule has 0 bridgehead atoms. The highest BCUT2D eigenvalue weighted by Crippen LogP contribution is 2.36. The quantitative estimate of drug-likeness (QED) is 0.266. The summed E-state index contributed by atoms with van der Waals surface area (Å²) in [5, 5.41) is 14.2. The van der Waals surface area contributed by atoms with Crippen LogP contribution in [0, 0.1) is 35.8 Å². The summed E-state index contributed by atoms with van der Waals surface area (Å²) in [4.78, 5) is 23.0. The number of nitrogens with zero attached hydrogens (tertiary/aromatic N) is 1. The molecule has 2 aromatic rings. The fourth-order valence-electron chi connectivity index (χ4n) is 4.18. The first-order chi connectivity index (χ1) is 15.7. The van der Waals surface area contributed by atoms with E-state index in [9.17, 15) is 14.9 Å². The number of nitro benzene ring substituents is 1. The van der Waals surface area contributed by atoms with Crippen LogP contribution in [0.3, 0.4) is 0 Å². The van der Waals surface area contributed by atoms with Crippen molar-refractivity contribution in [2.24, 2.45) is 11.8 Å². The molecule has 33 heavy (non-hydrogen) atoms. The number of hydrogen-bond acceptors (Lipinski definition) is 7. The van der Waals surface area contributed by atoms with Crippen LogP contribution in [0.25, 0.3) is 6.08 Å². The molecule has 2 aliphatic heterocycles. The van der Waals surface area contributed by atoms with Crippen molar-refractivity contribution in [3.8, 4) is 5.95 Å². The van der Waals surface area contributed by atoms with Gasteiger partial charge in [-0.15, -0.1) is 0 Å². The molecule has 8 heteroatoms. The highest BCUT2D eigenvalue weighted by Gasteiger charge is 2.27. The van der Waals surface area contributed by atoms with Gasteiger partial charge in [-0.2, -0.15) is 0 Å². The summed E-state index contributed by atoms with van der Waals surface area (Å²) in [6, 6.07) is 6.60. The zero-order valence-corrected chi connectivity index (χ0v) is 20.2. The molecule has 2 aliphatic rings. The number of hydrogen-bond donors (Lipinski definition) is 0. The molecule has 0 radical (unpaired) electrons. The van der Waals surface area contributed by atoms with Crippen molar-refractivity contribution in [3.63, 3.8) is 0 Å². The molecule has 0 amide bonds. The second kappa shape index (κ2) is 9.19. The molecular weight excluding hydrogens is 442 g/mol. The summed E-state index contributed by atoms with van der Waals surface area (Å²) in [7, 11) is 1.35. The van der Waals surface area contributed by atoms with Crippen molar-refractivity contribution >= 4 is 32.3 Å². The number of rotatable bonds is 6. The fourth-order valence-corrected chi connectivity index (χ4v) is 6.17. The van der Waals surface area contributed by atoms with Gasteiger partial charge in [-0.05, 0) is 56.7 Å². The van der Waals surface area contributed by atoms with Gasteiger partial charge in [0.15, 0.2) is 5.43 Å². The number of methoxy groups -OCH3 is 1. The Kier molecular flexibility index (Phi) is 6.50. The van der Waals surface area contributed by atoms with Crippen LogP contribution < -0.4 is 10.2 Å². The van der Waals surface area contributed by atoms with Gasteiger partial charge < -0.3 is 24.0 Å². The Morgan fingerprint density at radius 2 is 1.97 bits per heavy atom. The lowest BCUT2D eigenvalue weighted by molar-refractivity contribution is -0.384. The van der Waals surface area contributed by atoms with Crippen LogP contribution in [0.4, 0.5) is 5.69 Å². The molecule has 0 spiro atoms. The first kappa shape index (κ1) is 23.3. The van der Waals surface area contributed by atoms with Gasteiger partial charge in [0.05, 0.1) is 30.0 Å². The predicted octanol–water partition coefficient (Wildman–Crippen LogP) is 4.55. The van der Waals surface area contributed by atoms with Crippen molar-refractivity contribution in [1.82, 2.24) is 0 Å². The van der Waals surface area contributed by atoms with Gasteiger partial charge in [0.25, 0.3) is 11.6 Å². The Morgan fingerprint density at radius 3 is 2.61 bits per heavy atom. The smallest absolute Gasteiger partial charge is 0.291 e. The summed E-state index contributed by atoms with van der Waals surface area (Å²) in [6.45, 7) is 8.46. The minimum absolute atomic E-state index is 0.0344. The molecule has 1 fully saturated rings. The predicted molar refractivity (Wildman–Crippen MR) is 132 cm³/mol. The molecule has 3 atom stereocenters. The first-order valence-corrected chi connectivity index (χ1v) is 12.2. The van der Waals surface area contributed by atoms with Crippen molar-refractivity contribution in [1.29, 1.82) is 0 Å². The van der Waals surface area contributed by atoms with E-state index >= 15 is 0 Å². The largest absolute Gasteiger partial charge is 0.468 e. The highest BCUT2D eigenvalue weighted by atomic mass is 32.2. The zero-order valence-electron chi connectivity index (χ0n) is 19.4. The third kappa shape index (κ3) is 4.63. The van der Waals surface area contributed by atoms with E-state index in [2.05, 4.69) is 25.3 Å². The Labute approximate surface area is 194 Å². The van der Waals surface area contributed by atoms with Crippen LogP contribution >= 0.6 is 0 Å². The van der Waals surface area contributed by atoms with Gasteiger partial charge in [0, 0.05) is 17.7 Å². The van der Waals surface area contributed by atoms with E-state index in [-0.39, 0.29) is 32.4 Å². The van der Waals surface area contributed by atoms with Gasteiger partial charge in [0.2, 0.25) is 0 Å². The van der Waals surface area contributed by atoms with E-state index in [1.165, 1.54) is 24.8 Å².